The first-order chi connectivity index (χ1) is 8.13. The Morgan fingerprint density at radius 1 is 1.35 bits per heavy atom. The van der Waals surface area contributed by atoms with E-state index in [0.717, 1.165) is 16.0 Å². The molecular formula is C13H14FNOS. The number of hydrogen-bond acceptors (Lipinski definition) is 3. The van der Waals surface area contributed by atoms with Gasteiger partial charge in [0.1, 0.15) is 0 Å². The lowest BCUT2D eigenvalue weighted by Crippen LogP contribution is -2.11. The second-order valence-corrected chi connectivity index (χ2v) is 4.79. The second-order valence-electron chi connectivity index (χ2n) is 3.84. The van der Waals surface area contributed by atoms with Crippen molar-refractivity contribution in [2.45, 2.75) is 13.0 Å². The number of thiophene rings is 1. The summed E-state index contributed by atoms with van der Waals surface area (Å²) in [6.45, 7) is 2.02. The monoisotopic (exact) mass is 251 g/mol. The maximum absolute atomic E-state index is 13.3. The van der Waals surface area contributed by atoms with Crippen LogP contribution in [0.4, 0.5) is 4.39 Å². The van der Waals surface area contributed by atoms with Crippen LogP contribution in [0, 0.1) is 12.7 Å². The maximum atomic E-state index is 13.3. The number of ether oxygens (including phenoxy) is 1. The molecule has 2 rings (SSSR count). The molecule has 0 saturated heterocycles. The summed E-state index contributed by atoms with van der Waals surface area (Å²) in [5, 5.41) is 2.01. The van der Waals surface area contributed by atoms with Crippen LogP contribution >= 0.6 is 11.3 Å². The van der Waals surface area contributed by atoms with Crippen LogP contribution in [0.2, 0.25) is 0 Å². The lowest BCUT2D eigenvalue weighted by Gasteiger charge is -2.13. The standard InChI is InChI=1S/C13H14FNOS/c1-8-5-6-17-13(8)12(15)9-3-4-10(14)11(7-9)16-2/h3-7,12H,15H2,1-2H3. The molecule has 90 valence electrons. The van der Waals surface area contributed by atoms with Gasteiger partial charge in [-0.2, -0.15) is 0 Å². The Balaban J connectivity index is 2.38. The topological polar surface area (TPSA) is 35.2 Å². The van der Waals surface area contributed by atoms with Crippen LogP contribution in [0.25, 0.3) is 0 Å². The Morgan fingerprint density at radius 3 is 2.71 bits per heavy atom. The van der Waals surface area contributed by atoms with Gasteiger partial charge in [0, 0.05) is 4.88 Å². The average molecular weight is 251 g/mol. The zero-order valence-electron chi connectivity index (χ0n) is 9.74. The first-order valence-electron chi connectivity index (χ1n) is 5.26. The Bertz CT molecular complexity index is 524. The van der Waals surface area contributed by atoms with Crippen LogP contribution in [-0.4, -0.2) is 7.11 Å². The highest BCUT2D eigenvalue weighted by atomic mass is 32.1. The van der Waals surface area contributed by atoms with Crippen LogP contribution in [-0.2, 0) is 0 Å². The molecule has 0 aliphatic carbocycles. The second kappa shape index (κ2) is 4.85. The highest BCUT2D eigenvalue weighted by molar-refractivity contribution is 7.10. The third-order valence-corrected chi connectivity index (χ3v) is 3.82. The van der Waals surface area contributed by atoms with E-state index in [0.29, 0.717) is 0 Å². The molecule has 0 saturated carbocycles. The summed E-state index contributed by atoms with van der Waals surface area (Å²) in [5.41, 5.74) is 8.18. The average Bonchev–Trinajstić information content (AvgIpc) is 2.75. The van der Waals surface area contributed by atoms with Gasteiger partial charge in [0.2, 0.25) is 0 Å². The largest absolute Gasteiger partial charge is 0.494 e. The molecule has 0 bridgehead atoms. The molecule has 0 amide bonds. The number of nitrogens with two attached hydrogens (primary N) is 1. The molecule has 2 N–H and O–H groups in total. The van der Waals surface area contributed by atoms with Gasteiger partial charge in [-0.3, -0.25) is 0 Å². The van der Waals surface area contributed by atoms with E-state index in [-0.39, 0.29) is 17.6 Å². The number of hydrogen-bond donors (Lipinski definition) is 1. The minimum Gasteiger partial charge on any atom is -0.494 e. The van der Waals surface area contributed by atoms with Crippen molar-refractivity contribution in [1.82, 2.24) is 0 Å². The molecule has 0 aliphatic rings. The molecule has 0 aliphatic heterocycles. The van der Waals surface area contributed by atoms with Gasteiger partial charge in [0.05, 0.1) is 13.2 Å². The first-order valence-corrected chi connectivity index (χ1v) is 6.14. The molecule has 0 radical (unpaired) electrons. The number of benzene rings is 1. The zero-order chi connectivity index (χ0) is 12.4. The van der Waals surface area contributed by atoms with E-state index in [4.69, 9.17) is 10.5 Å². The van der Waals surface area contributed by atoms with Crippen molar-refractivity contribution in [2.75, 3.05) is 7.11 Å². The Kier molecular flexibility index (Phi) is 3.45. The van der Waals surface area contributed by atoms with Gasteiger partial charge in [0.15, 0.2) is 11.6 Å². The van der Waals surface area contributed by atoms with Crippen molar-refractivity contribution in [3.8, 4) is 5.75 Å². The van der Waals surface area contributed by atoms with Gasteiger partial charge in [-0.15, -0.1) is 11.3 Å². The Morgan fingerprint density at radius 2 is 2.12 bits per heavy atom. The van der Waals surface area contributed by atoms with E-state index in [1.165, 1.54) is 13.2 Å². The Hall–Kier alpha value is -1.39. The first kappa shape index (κ1) is 12.1. The predicted molar refractivity (Wildman–Crippen MR) is 68.0 cm³/mol. The van der Waals surface area contributed by atoms with Gasteiger partial charge in [0.25, 0.3) is 0 Å². The van der Waals surface area contributed by atoms with Gasteiger partial charge >= 0.3 is 0 Å². The minimum atomic E-state index is -0.369. The van der Waals surface area contributed by atoms with Crippen LogP contribution in [0.1, 0.15) is 22.0 Å². The van der Waals surface area contributed by atoms with E-state index >= 15 is 0 Å². The van der Waals surface area contributed by atoms with Crippen LogP contribution in [0.15, 0.2) is 29.6 Å². The molecule has 0 fully saturated rings. The van der Waals surface area contributed by atoms with Crippen molar-refractivity contribution < 1.29 is 9.13 Å². The minimum absolute atomic E-state index is 0.229. The van der Waals surface area contributed by atoms with E-state index in [1.807, 2.05) is 18.4 Å². The molecule has 2 aromatic rings. The number of methoxy groups -OCH3 is 1. The van der Waals surface area contributed by atoms with E-state index in [1.54, 1.807) is 23.5 Å². The van der Waals surface area contributed by atoms with Crippen LogP contribution in [0.5, 0.6) is 5.75 Å². The van der Waals surface area contributed by atoms with E-state index < -0.39 is 0 Å². The van der Waals surface area contributed by atoms with E-state index in [2.05, 4.69) is 0 Å². The summed E-state index contributed by atoms with van der Waals surface area (Å²) in [6.07, 6.45) is 0. The highest BCUT2D eigenvalue weighted by Crippen LogP contribution is 2.30. The van der Waals surface area contributed by atoms with Gasteiger partial charge in [-0.1, -0.05) is 6.07 Å². The summed E-state index contributed by atoms with van der Waals surface area (Å²) < 4.78 is 18.2. The molecule has 17 heavy (non-hydrogen) atoms. The molecule has 1 aromatic heterocycles. The smallest absolute Gasteiger partial charge is 0.165 e. The summed E-state index contributed by atoms with van der Waals surface area (Å²) in [7, 11) is 1.45. The fraction of sp³-hybridized carbons (Fsp3) is 0.231. The van der Waals surface area contributed by atoms with Crippen LogP contribution < -0.4 is 10.5 Å². The lowest BCUT2D eigenvalue weighted by molar-refractivity contribution is 0.385. The van der Waals surface area contributed by atoms with Crippen molar-refractivity contribution in [2.24, 2.45) is 5.73 Å². The SMILES string of the molecule is COc1cc(C(N)c2sccc2C)ccc1F. The summed E-state index contributed by atoms with van der Waals surface area (Å²) >= 11 is 1.61. The molecule has 1 atom stereocenters. The van der Waals surface area contributed by atoms with Gasteiger partial charge in [-0.05, 0) is 41.6 Å². The summed E-state index contributed by atoms with van der Waals surface area (Å²) in [4.78, 5) is 1.10. The summed E-state index contributed by atoms with van der Waals surface area (Å²) in [6, 6.07) is 6.53. The van der Waals surface area contributed by atoms with E-state index in [9.17, 15) is 4.39 Å². The molecule has 1 aromatic carbocycles. The third-order valence-electron chi connectivity index (χ3n) is 2.72. The molecule has 4 heteroatoms. The quantitative estimate of drug-likeness (QED) is 0.908. The number of rotatable bonds is 3. The molecule has 1 heterocycles. The third kappa shape index (κ3) is 2.33. The number of aryl methyl sites for hydroxylation is 1. The van der Waals surface area contributed by atoms with Crippen molar-refractivity contribution in [3.05, 3.63) is 51.5 Å². The van der Waals surface area contributed by atoms with Gasteiger partial charge < -0.3 is 10.5 Å². The molecule has 2 nitrogen and oxygen atoms in total. The zero-order valence-corrected chi connectivity index (χ0v) is 10.6. The highest BCUT2D eigenvalue weighted by Gasteiger charge is 2.14. The maximum Gasteiger partial charge on any atom is 0.165 e. The predicted octanol–water partition coefficient (Wildman–Crippen LogP) is 3.25. The summed E-state index contributed by atoms with van der Waals surface area (Å²) in [5.74, 6) is -0.140. The molecular weight excluding hydrogens is 237 g/mol. The Labute approximate surface area is 104 Å². The lowest BCUT2D eigenvalue weighted by atomic mass is 10.0. The number of halogens is 1. The molecule has 1 unspecified atom stereocenters. The van der Waals surface area contributed by atoms with Crippen molar-refractivity contribution in [1.29, 1.82) is 0 Å². The fourth-order valence-corrected chi connectivity index (χ4v) is 2.68. The van der Waals surface area contributed by atoms with Crippen LogP contribution in [0.3, 0.4) is 0 Å². The fourth-order valence-electron chi connectivity index (χ4n) is 1.72. The normalized spacial score (nSPS) is 12.5. The van der Waals surface area contributed by atoms with Crippen molar-refractivity contribution in [3.63, 3.8) is 0 Å². The van der Waals surface area contributed by atoms with Crippen molar-refractivity contribution >= 4 is 11.3 Å². The van der Waals surface area contributed by atoms with Gasteiger partial charge in [-0.25, -0.2) is 4.39 Å². The molecule has 0 spiro atoms.